The highest BCUT2D eigenvalue weighted by Gasteiger charge is 2.28. The summed E-state index contributed by atoms with van der Waals surface area (Å²) in [6.07, 6.45) is 4.84. The number of hydrogen-bond donors (Lipinski definition) is 2. The van der Waals surface area contributed by atoms with Crippen LogP contribution in [0.5, 0.6) is 0 Å². The molecular weight excluding hydrogens is 280 g/mol. The van der Waals surface area contributed by atoms with Crippen molar-refractivity contribution in [2.24, 2.45) is 11.3 Å². The number of aliphatic hydroxyl groups excluding tert-OH is 1. The SMILES string of the molecule is CC1(C)CCC(CC(=O)NCC(O)CN2CCOCC2)CC1. The Labute approximate surface area is 134 Å². The molecule has 0 aromatic heterocycles. The normalized spacial score (nSPS) is 24.9. The van der Waals surface area contributed by atoms with E-state index in [1.54, 1.807) is 0 Å². The first kappa shape index (κ1) is 17.7. The van der Waals surface area contributed by atoms with Gasteiger partial charge in [0.25, 0.3) is 0 Å². The molecule has 128 valence electrons. The maximum absolute atomic E-state index is 12.0. The first-order valence-corrected chi connectivity index (χ1v) is 8.69. The van der Waals surface area contributed by atoms with Crippen molar-refractivity contribution in [2.45, 2.75) is 52.1 Å². The molecular formula is C17H32N2O3. The van der Waals surface area contributed by atoms with Crippen LogP contribution in [0.4, 0.5) is 0 Å². The molecule has 1 unspecified atom stereocenters. The number of carbonyl (C=O) groups is 1. The van der Waals surface area contributed by atoms with Gasteiger partial charge in [0.1, 0.15) is 0 Å². The molecule has 1 saturated heterocycles. The topological polar surface area (TPSA) is 61.8 Å². The predicted octanol–water partition coefficient (Wildman–Crippen LogP) is 1.40. The van der Waals surface area contributed by atoms with E-state index < -0.39 is 6.10 Å². The van der Waals surface area contributed by atoms with Gasteiger partial charge in [-0.2, -0.15) is 0 Å². The van der Waals surface area contributed by atoms with Crippen LogP contribution >= 0.6 is 0 Å². The van der Waals surface area contributed by atoms with Gasteiger partial charge in [-0.15, -0.1) is 0 Å². The van der Waals surface area contributed by atoms with Gasteiger partial charge in [-0.25, -0.2) is 0 Å². The summed E-state index contributed by atoms with van der Waals surface area (Å²) in [4.78, 5) is 14.2. The van der Waals surface area contributed by atoms with Gasteiger partial charge in [0.2, 0.25) is 5.91 Å². The minimum Gasteiger partial charge on any atom is -0.390 e. The summed E-state index contributed by atoms with van der Waals surface area (Å²) in [5.41, 5.74) is 0.446. The Balaban J connectivity index is 1.59. The molecule has 1 saturated carbocycles. The molecule has 1 aliphatic carbocycles. The van der Waals surface area contributed by atoms with E-state index in [0.717, 1.165) is 39.1 Å². The fourth-order valence-electron chi connectivity index (χ4n) is 3.38. The van der Waals surface area contributed by atoms with Crippen molar-refractivity contribution in [2.75, 3.05) is 39.4 Å². The third-order valence-corrected chi connectivity index (χ3v) is 5.04. The van der Waals surface area contributed by atoms with Crippen LogP contribution in [0.2, 0.25) is 0 Å². The molecule has 2 aliphatic rings. The zero-order chi connectivity index (χ0) is 16.0. The van der Waals surface area contributed by atoms with E-state index in [0.29, 0.717) is 30.8 Å². The second kappa shape index (κ2) is 8.27. The van der Waals surface area contributed by atoms with Crippen LogP contribution in [0.25, 0.3) is 0 Å². The first-order valence-electron chi connectivity index (χ1n) is 8.69. The van der Waals surface area contributed by atoms with Gasteiger partial charge in [0.15, 0.2) is 0 Å². The van der Waals surface area contributed by atoms with E-state index in [2.05, 4.69) is 24.1 Å². The summed E-state index contributed by atoms with van der Waals surface area (Å²) in [6, 6.07) is 0. The molecule has 0 bridgehead atoms. The number of morpholine rings is 1. The molecule has 0 aromatic rings. The minimum absolute atomic E-state index is 0.0886. The Morgan fingerprint density at radius 1 is 1.32 bits per heavy atom. The van der Waals surface area contributed by atoms with Gasteiger partial charge in [0, 0.05) is 32.6 Å². The number of hydrogen-bond acceptors (Lipinski definition) is 4. The van der Waals surface area contributed by atoms with E-state index in [-0.39, 0.29) is 5.91 Å². The van der Waals surface area contributed by atoms with Gasteiger partial charge >= 0.3 is 0 Å². The number of rotatable bonds is 6. The quantitative estimate of drug-likeness (QED) is 0.778. The number of nitrogens with one attached hydrogen (secondary N) is 1. The molecule has 5 heteroatoms. The molecule has 1 heterocycles. The monoisotopic (exact) mass is 312 g/mol. The van der Waals surface area contributed by atoms with Gasteiger partial charge in [-0.05, 0) is 37.0 Å². The standard InChI is InChI=1S/C17H32N2O3/c1-17(2)5-3-14(4-6-17)11-16(21)18-12-15(20)13-19-7-9-22-10-8-19/h14-15,20H,3-13H2,1-2H3,(H,18,21). The van der Waals surface area contributed by atoms with Gasteiger partial charge in [-0.3, -0.25) is 9.69 Å². The van der Waals surface area contributed by atoms with Crippen LogP contribution in [-0.4, -0.2) is 61.4 Å². The van der Waals surface area contributed by atoms with Gasteiger partial charge < -0.3 is 15.2 Å². The smallest absolute Gasteiger partial charge is 0.220 e. The highest BCUT2D eigenvalue weighted by Crippen LogP contribution is 2.39. The maximum Gasteiger partial charge on any atom is 0.220 e. The molecule has 1 atom stereocenters. The molecule has 2 rings (SSSR count). The van der Waals surface area contributed by atoms with Crippen LogP contribution in [-0.2, 0) is 9.53 Å². The van der Waals surface area contributed by atoms with Crippen molar-refractivity contribution in [3.05, 3.63) is 0 Å². The van der Waals surface area contributed by atoms with Crippen molar-refractivity contribution in [3.8, 4) is 0 Å². The zero-order valence-electron chi connectivity index (χ0n) is 14.1. The zero-order valence-corrected chi connectivity index (χ0v) is 14.1. The Bertz CT molecular complexity index is 344. The summed E-state index contributed by atoms with van der Waals surface area (Å²) in [6.45, 7) is 8.78. The van der Waals surface area contributed by atoms with Gasteiger partial charge in [-0.1, -0.05) is 13.8 Å². The number of ether oxygens (including phenoxy) is 1. The molecule has 0 spiro atoms. The minimum atomic E-state index is -0.493. The van der Waals surface area contributed by atoms with Crippen LogP contribution < -0.4 is 5.32 Å². The van der Waals surface area contributed by atoms with E-state index >= 15 is 0 Å². The Hall–Kier alpha value is -0.650. The highest BCUT2D eigenvalue weighted by atomic mass is 16.5. The molecule has 0 radical (unpaired) electrons. The third-order valence-electron chi connectivity index (χ3n) is 5.04. The number of nitrogens with zero attached hydrogens (tertiary/aromatic N) is 1. The Kier molecular flexibility index (Phi) is 6.66. The van der Waals surface area contributed by atoms with Crippen molar-refractivity contribution in [1.82, 2.24) is 10.2 Å². The lowest BCUT2D eigenvalue weighted by Crippen LogP contribution is -2.44. The van der Waals surface area contributed by atoms with Crippen molar-refractivity contribution in [1.29, 1.82) is 0 Å². The second-order valence-corrected chi connectivity index (χ2v) is 7.68. The molecule has 5 nitrogen and oxygen atoms in total. The van der Waals surface area contributed by atoms with Crippen molar-refractivity contribution in [3.63, 3.8) is 0 Å². The average Bonchev–Trinajstić information content (AvgIpc) is 2.48. The number of carbonyl (C=O) groups excluding carboxylic acids is 1. The summed E-state index contributed by atoms with van der Waals surface area (Å²) in [5, 5.41) is 12.9. The summed E-state index contributed by atoms with van der Waals surface area (Å²) >= 11 is 0. The largest absolute Gasteiger partial charge is 0.390 e. The van der Waals surface area contributed by atoms with Crippen LogP contribution in [0.15, 0.2) is 0 Å². The lowest BCUT2D eigenvalue weighted by molar-refractivity contribution is -0.123. The summed E-state index contributed by atoms with van der Waals surface area (Å²) < 4.78 is 5.29. The van der Waals surface area contributed by atoms with Crippen LogP contribution in [0.1, 0.15) is 46.0 Å². The Morgan fingerprint density at radius 3 is 2.59 bits per heavy atom. The molecule has 0 aromatic carbocycles. The van der Waals surface area contributed by atoms with Crippen LogP contribution in [0.3, 0.4) is 0 Å². The second-order valence-electron chi connectivity index (χ2n) is 7.68. The predicted molar refractivity (Wildman–Crippen MR) is 86.6 cm³/mol. The molecule has 22 heavy (non-hydrogen) atoms. The van der Waals surface area contributed by atoms with Gasteiger partial charge in [0.05, 0.1) is 19.3 Å². The molecule has 1 amide bonds. The fraction of sp³-hybridized carbons (Fsp3) is 0.941. The molecule has 2 fully saturated rings. The summed E-state index contributed by atoms with van der Waals surface area (Å²) in [5.74, 6) is 0.607. The van der Waals surface area contributed by atoms with E-state index in [1.807, 2.05) is 0 Å². The van der Waals surface area contributed by atoms with Crippen molar-refractivity contribution < 1.29 is 14.6 Å². The first-order chi connectivity index (χ1) is 10.4. The molecule has 2 N–H and O–H groups in total. The molecule has 1 aliphatic heterocycles. The number of amides is 1. The highest BCUT2D eigenvalue weighted by molar-refractivity contribution is 5.76. The average molecular weight is 312 g/mol. The van der Waals surface area contributed by atoms with E-state index in [4.69, 9.17) is 4.74 Å². The Morgan fingerprint density at radius 2 is 1.95 bits per heavy atom. The number of aliphatic hydroxyl groups is 1. The summed E-state index contributed by atoms with van der Waals surface area (Å²) in [7, 11) is 0. The fourth-order valence-corrected chi connectivity index (χ4v) is 3.38. The third kappa shape index (κ3) is 6.23. The lowest BCUT2D eigenvalue weighted by Gasteiger charge is -2.34. The van der Waals surface area contributed by atoms with E-state index in [9.17, 15) is 9.90 Å². The maximum atomic E-state index is 12.0. The van der Waals surface area contributed by atoms with Crippen molar-refractivity contribution >= 4 is 5.91 Å². The van der Waals surface area contributed by atoms with Crippen LogP contribution in [0, 0.1) is 11.3 Å². The number of β-amino-alcohol motifs (C(OH)–C–C–N with tert-alkyl or cyclic N) is 1. The van der Waals surface area contributed by atoms with E-state index in [1.165, 1.54) is 12.8 Å². The lowest BCUT2D eigenvalue weighted by atomic mass is 9.72.